The van der Waals surface area contributed by atoms with Crippen LogP contribution in [-0.4, -0.2) is 55.5 Å². The fraction of sp³-hybridized carbons (Fsp3) is 0.304. The van der Waals surface area contributed by atoms with Crippen LogP contribution < -0.4 is 0 Å². The van der Waals surface area contributed by atoms with Crippen LogP contribution >= 0.6 is 0 Å². The standard InChI is InChI=1S/C23H24N2O5S/c1-15-5-4-6-20-16(2)22(30-21(15)20)23(27)24-11-13-25(14-12-24)31(28,29)19-9-7-18(8-10-19)17(3)26/h4-10H,11-14H2,1-3H3. The molecule has 4 rings (SSSR count). The summed E-state index contributed by atoms with van der Waals surface area (Å²) in [6.45, 7) is 6.18. The molecule has 2 heterocycles. The van der Waals surface area contributed by atoms with E-state index in [9.17, 15) is 18.0 Å². The van der Waals surface area contributed by atoms with E-state index in [4.69, 9.17) is 4.42 Å². The molecule has 0 aliphatic carbocycles. The highest BCUT2D eigenvalue weighted by atomic mass is 32.2. The van der Waals surface area contributed by atoms with Crippen LogP contribution in [0.2, 0.25) is 0 Å². The Bertz CT molecular complexity index is 1270. The van der Waals surface area contributed by atoms with E-state index in [1.807, 2.05) is 32.0 Å². The number of para-hydroxylation sites is 1. The zero-order valence-electron chi connectivity index (χ0n) is 17.7. The maximum absolute atomic E-state index is 13.1. The number of rotatable bonds is 4. The van der Waals surface area contributed by atoms with Crippen molar-refractivity contribution in [1.82, 2.24) is 9.21 Å². The summed E-state index contributed by atoms with van der Waals surface area (Å²) < 4.78 is 33.1. The number of nitrogens with zero attached hydrogens (tertiary/aromatic N) is 2. The van der Waals surface area contributed by atoms with Gasteiger partial charge in [0.1, 0.15) is 5.58 Å². The number of fused-ring (bicyclic) bond motifs is 1. The van der Waals surface area contributed by atoms with E-state index in [1.54, 1.807) is 4.90 Å². The van der Waals surface area contributed by atoms with Crippen molar-refractivity contribution in [3.8, 4) is 0 Å². The van der Waals surface area contributed by atoms with Crippen LogP contribution in [0.1, 0.15) is 39.0 Å². The Hall–Kier alpha value is -2.97. The summed E-state index contributed by atoms with van der Waals surface area (Å²) in [4.78, 5) is 26.3. The first kappa shape index (κ1) is 21.3. The van der Waals surface area contributed by atoms with Crippen LogP contribution in [0.5, 0.6) is 0 Å². The average molecular weight is 441 g/mol. The number of sulfonamides is 1. The second-order valence-electron chi connectivity index (χ2n) is 7.78. The third-order valence-electron chi connectivity index (χ3n) is 5.78. The molecule has 1 saturated heterocycles. The summed E-state index contributed by atoms with van der Waals surface area (Å²) in [6.07, 6.45) is 0. The van der Waals surface area contributed by atoms with Gasteiger partial charge in [-0.25, -0.2) is 8.42 Å². The van der Waals surface area contributed by atoms with Gasteiger partial charge in [0.2, 0.25) is 10.0 Å². The lowest BCUT2D eigenvalue weighted by molar-refractivity contribution is 0.0667. The molecule has 8 heteroatoms. The number of hydrogen-bond acceptors (Lipinski definition) is 5. The van der Waals surface area contributed by atoms with Gasteiger partial charge in [-0.3, -0.25) is 9.59 Å². The molecule has 1 aromatic heterocycles. The fourth-order valence-electron chi connectivity index (χ4n) is 3.87. The number of furan rings is 1. The topological polar surface area (TPSA) is 87.9 Å². The number of carbonyl (C=O) groups excluding carboxylic acids is 2. The first-order valence-corrected chi connectivity index (χ1v) is 11.5. The summed E-state index contributed by atoms with van der Waals surface area (Å²) in [7, 11) is -3.69. The Balaban J connectivity index is 1.49. The number of piperazine rings is 1. The van der Waals surface area contributed by atoms with Crippen LogP contribution in [0.3, 0.4) is 0 Å². The Morgan fingerprint density at radius 3 is 2.16 bits per heavy atom. The Labute approximate surface area is 181 Å². The zero-order valence-corrected chi connectivity index (χ0v) is 18.5. The normalized spacial score (nSPS) is 15.4. The molecule has 0 unspecified atom stereocenters. The van der Waals surface area contributed by atoms with Crippen molar-refractivity contribution in [2.75, 3.05) is 26.2 Å². The summed E-state index contributed by atoms with van der Waals surface area (Å²) >= 11 is 0. The molecule has 1 aliphatic rings. The third kappa shape index (κ3) is 3.77. The van der Waals surface area contributed by atoms with E-state index in [1.165, 1.54) is 35.5 Å². The van der Waals surface area contributed by atoms with Crippen molar-refractivity contribution >= 4 is 32.7 Å². The second-order valence-corrected chi connectivity index (χ2v) is 9.72. The van der Waals surface area contributed by atoms with Crippen molar-refractivity contribution in [3.63, 3.8) is 0 Å². The fourth-order valence-corrected chi connectivity index (χ4v) is 5.30. The summed E-state index contributed by atoms with van der Waals surface area (Å²) in [6, 6.07) is 11.7. The van der Waals surface area contributed by atoms with Gasteiger partial charge in [0.05, 0.1) is 4.90 Å². The van der Waals surface area contributed by atoms with E-state index >= 15 is 0 Å². The summed E-state index contributed by atoms with van der Waals surface area (Å²) in [5, 5.41) is 0.915. The highest BCUT2D eigenvalue weighted by Gasteiger charge is 2.32. The van der Waals surface area contributed by atoms with Crippen LogP contribution in [-0.2, 0) is 10.0 Å². The molecule has 0 radical (unpaired) electrons. The smallest absolute Gasteiger partial charge is 0.289 e. The predicted molar refractivity (Wildman–Crippen MR) is 117 cm³/mol. The molecule has 0 saturated carbocycles. The lowest BCUT2D eigenvalue weighted by Gasteiger charge is -2.33. The number of aryl methyl sites for hydroxylation is 2. The molecule has 0 bridgehead atoms. The number of ketones is 1. The number of carbonyl (C=O) groups is 2. The molecule has 2 aromatic carbocycles. The first-order valence-electron chi connectivity index (χ1n) is 10.1. The molecule has 1 fully saturated rings. The molecule has 1 amide bonds. The van der Waals surface area contributed by atoms with E-state index < -0.39 is 10.0 Å². The predicted octanol–water partition coefficient (Wildman–Crippen LogP) is 3.40. The second kappa shape index (κ2) is 7.94. The van der Waals surface area contributed by atoms with Gasteiger partial charge in [0.25, 0.3) is 5.91 Å². The monoisotopic (exact) mass is 440 g/mol. The van der Waals surface area contributed by atoms with E-state index in [0.717, 1.165) is 16.5 Å². The van der Waals surface area contributed by atoms with Gasteiger partial charge < -0.3 is 9.32 Å². The lowest BCUT2D eigenvalue weighted by atomic mass is 10.1. The maximum atomic E-state index is 13.1. The minimum Gasteiger partial charge on any atom is -0.450 e. The van der Waals surface area contributed by atoms with Crippen molar-refractivity contribution in [2.45, 2.75) is 25.7 Å². The lowest BCUT2D eigenvalue weighted by Crippen LogP contribution is -2.50. The quantitative estimate of drug-likeness (QED) is 0.580. The van der Waals surface area contributed by atoms with Gasteiger partial charge in [0, 0.05) is 42.7 Å². The average Bonchev–Trinajstić information content (AvgIpc) is 3.11. The number of Topliss-reactive ketones (excluding diaryl/α,β-unsaturated/α-hetero) is 1. The number of hydrogen-bond donors (Lipinski definition) is 0. The SMILES string of the molecule is CC(=O)c1ccc(S(=O)(=O)N2CCN(C(=O)c3oc4c(C)cccc4c3C)CC2)cc1. The third-order valence-corrected chi connectivity index (χ3v) is 7.69. The molecule has 162 valence electrons. The Kier molecular flexibility index (Phi) is 5.45. The molecular formula is C23H24N2O5S. The van der Waals surface area contributed by atoms with Gasteiger partial charge in [-0.05, 0) is 38.5 Å². The molecule has 0 spiro atoms. The van der Waals surface area contributed by atoms with E-state index in [0.29, 0.717) is 16.9 Å². The van der Waals surface area contributed by atoms with Gasteiger partial charge in [-0.2, -0.15) is 4.31 Å². The van der Waals surface area contributed by atoms with Gasteiger partial charge in [0.15, 0.2) is 11.5 Å². The van der Waals surface area contributed by atoms with Gasteiger partial charge in [-0.1, -0.05) is 30.3 Å². The molecule has 31 heavy (non-hydrogen) atoms. The molecule has 7 nitrogen and oxygen atoms in total. The zero-order chi connectivity index (χ0) is 22.3. The molecule has 3 aromatic rings. The van der Waals surface area contributed by atoms with Crippen LogP contribution in [0.15, 0.2) is 51.8 Å². The van der Waals surface area contributed by atoms with Crippen LogP contribution in [0, 0.1) is 13.8 Å². The Morgan fingerprint density at radius 1 is 0.935 bits per heavy atom. The minimum absolute atomic E-state index is 0.118. The largest absolute Gasteiger partial charge is 0.450 e. The number of benzene rings is 2. The molecule has 1 aliphatic heterocycles. The van der Waals surface area contributed by atoms with E-state index in [2.05, 4.69) is 0 Å². The number of amides is 1. The molecular weight excluding hydrogens is 416 g/mol. The first-order chi connectivity index (χ1) is 14.7. The summed E-state index contributed by atoms with van der Waals surface area (Å²) in [5.41, 5.74) is 2.93. The van der Waals surface area contributed by atoms with Gasteiger partial charge >= 0.3 is 0 Å². The maximum Gasteiger partial charge on any atom is 0.289 e. The van der Waals surface area contributed by atoms with Crippen LogP contribution in [0.4, 0.5) is 0 Å². The van der Waals surface area contributed by atoms with Crippen molar-refractivity contribution in [3.05, 3.63) is 64.9 Å². The summed E-state index contributed by atoms with van der Waals surface area (Å²) in [5.74, 6) is -0.0384. The molecule has 0 atom stereocenters. The van der Waals surface area contributed by atoms with Gasteiger partial charge in [-0.15, -0.1) is 0 Å². The molecule has 0 N–H and O–H groups in total. The van der Waals surface area contributed by atoms with Crippen molar-refractivity contribution in [2.24, 2.45) is 0 Å². The van der Waals surface area contributed by atoms with Crippen molar-refractivity contribution < 1.29 is 22.4 Å². The van der Waals surface area contributed by atoms with Crippen molar-refractivity contribution in [1.29, 1.82) is 0 Å². The minimum atomic E-state index is -3.69. The van der Waals surface area contributed by atoms with Crippen LogP contribution in [0.25, 0.3) is 11.0 Å². The van der Waals surface area contributed by atoms with E-state index in [-0.39, 0.29) is 42.8 Å². The Morgan fingerprint density at radius 2 is 1.58 bits per heavy atom. The highest BCUT2D eigenvalue weighted by molar-refractivity contribution is 7.89. The highest BCUT2D eigenvalue weighted by Crippen LogP contribution is 2.29.